The molecule has 0 radical (unpaired) electrons. The number of hydrogen-bond acceptors (Lipinski definition) is 6. The molecule has 2 aromatic rings. The monoisotopic (exact) mass is 363 g/mol. The van der Waals surface area contributed by atoms with Crippen LogP contribution in [0.15, 0.2) is 35.4 Å². The van der Waals surface area contributed by atoms with Gasteiger partial charge in [0.25, 0.3) is 5.91 Å². The lowest BCUT2D eigenvalue weighted by atomic mass is 10.2. The third-order valence-corrected chi connectivity index (χ3v) is 4.63. The van der Waals surface area contributed by atoms with Crippen LogP contribution in [-0.2, 0) is 0 Å². The van der Waals surface area contributed by atoms with Gasteiger partial charge in [-0.2, -0.15) is 0 Å². The standard InChI is InChI=1S/C17H18FN3O3S/c1-3-21-6-7-24-16-13(17(21)22)9-12(10-19-16)20-25-15-8-11(18)4-5-14(15)23-2/h4-5,8-10,20H,3,6-7H2,1-2H3. The second-order valence-corrected chi connectivity index (χ2v) is 6.16. The summed E-state index contributed by atoms with van der Waals surface area (Å²) >= 11 is 1.18. The Morgan fingerprint density at radius 1 is 1.44 bits per heavy atom. The van der Waals surface area contributed by atoms with Crippen molar-refractivity contribution in [1.29, 1.82) is 0 Å². The summed E-state index contributed by atoms with van der Waals surface area (Å²) in [5, 5.41) is 0. The third kappa shape index (κ3) is 3.79. The molecule has 1 amide bonds. The molecule has 0 aliphatic carbocycles. The average Bonchev–Trinajstić information content (AvgIpc) is 2.78. The number of methoxy groups -OCH3 is 1. The predicted molar refractivity (Wildman–Crippen MR) is 93.7 cm³/mol. The minimum absolute atomic E-state index is 0.112. The number of amides is 1. The Balaban J connectivity index is 1.81. The van der Waals surface area contributed by atoms with E-state index in [1.807, 2.05) is 6.92 Å². The SMILES string of the molecule is CCN1CCOc2ncc(NSc3cc(F)ccc3OC)cc2C1=O. The molecule has 0 spiro atoms. The molecule has 1 aliphatic rings. The van der Waals surface area contributed by atoms with Gasteiger partial charge in [-0.15, -0.1) is 0 Å². The van der Waals surface area contributed by atoms with Crippen molar-refractivity contribution < 1.29 is 18.7 Å². The van der Waals surface area contributed by atoms with E-state index < -0.39 is 0 Å². The van der Waals surface area contributed by atoms with Crippen LogP contribution in [0, 0.1) is 5.82 Å². The van der Waals surface area contributed by atoms with Gasteiger partial charge >= 0.3 is 0 Å². The summed E-state index contributed by atoms with van der Waals surface area (Å²) in [5.74, 6) is 0.421. The number of nitrogens with one attached hydrogen (secondary N) is 1. The Hall–Kier alpha value is -2.48. The van der Waals surface area contributed by atoms with Gasteiger partial charge in [0.15, 0.2) is 0 Å². The van der Waals surface area contributed by atoms with E-state index in [1.165, 1.54) is 31.2 Å². The molecule has 0 saturated heterocycles. The molecular formula is C17H18FN3O3S. The van der Waals surface area contributed by atoms with Crippen molar-refractivity contribution in [3.05, 3.63) is 41.8 Å². The molecule has 0 atom stereocenters. The number of hydrogen-bond donors (Lipinski definition) is 1. The predicted octanol–water partition coefficient (Wildman–Crippen LogP) is 3.20. The number of carbonyl (C=O) groups is 1. The van der Waals surface area contributed by atoms with E-state index in [4.69, 9.17) is 9.47 Å². The van der Waals surface area contributed by atoms with Crippen molar-refractivity contribution in [3.63, 3.8) is 0 Å². The molecular weight excluding hydrogens is 345 g/mol. The van der Waals surface area contributed by atoms with Crippen LogP contribution >= 0.6 is 11.9 Å². The fourth-order valence-electron chi connectivity index (χ4n) is 2.45. The first-order valence-corrected chi connectivity index (χ1v) is 8.62. The second kappa shape index (κ2) is 7.60. The van der Waals surface area contributed by atoms with Gasteiger partial charge in [0.1, 0.15) is 23.7 Å². The van der Waals surface area contributed by atoms with Gasteiger partial charge < -0.3 is 19.1 Å². The summed E-state index contributed by atoms with van der Waals surface area (Å²) < 4.78 is 27.3. The number of rotatable bonds is 5. The zero-order chi connectivity index (χ0) is 17.8. The van der Waals surface area contributed by atoms with E-state index in [9.17, 15) is 9.18 Å². The van der Waals surface area contributed by atoms with E-state index in [2.05, 4.69) is 9.71 Å². The lowest BCUT2D eigenvalue weighted by Gasteiger charge is -2.17. The summed E-state index contributed by atoms with van der Waals surface area (Å²) in [6.07, 6.45) is 1.58. The molecule has 0 fully saturated rings. The highest BCUT2D eigenvalue weighted by atomic mass is 32.2. The highest BCUT2D eigenvalue weighted by molar-refractivity contribution is 8.00. The van der Waals surface area contributed by atoms with Crippen molar-refractivity contribution in [2.24, 2.45) is 0 Å². The maximum absolute atomic E-state index is 13.4. The highest BCUT2D eigenvalue weighted by Crippen LogP contribution is 2.32. The summed E-state index contributed by atoms with van der Waals surface area (Å²) in [5.41, 5.74) is 1.03. The lowest BCUT2D eigenvalue weighted by molar-refractivity contribution is 0.0765. The Kier molecular flexibility index (Phi) is 5.28. The fraction of sp³-hybridized carbons (Fsp3) is 0.294. The average molecular weight is 363 g/mol. The maximum Gasteiger partial charge on any atom is 0.259 e. The largest absolute Gasteiger partial charge is 0.496 e. The Labute approximate surface area is 149 Å². The van der Waals surface area contributed by atoms with E-state index in [-0.39, 0.29) is 11.7 Å². The molecule has 0 unspecified atom stereocenters. The van der Waals surface area contributed by atoms with Crippen LogP contribution in [0.25, 0.3) is 0 Å². The number of ether oxygens (including phenoxy) is 2. The van der Waals surface area contributed by atoms with E-state index in [0.717, 1.165) is 0 Å². The Morgan fingerprint density at radius 3 is 3.04 bits per heavy atom. The lowest BCUT2D eigenvalue weighted by Crippen LogP contribution is -2.32. The van der Waals surface area contributed by atoms with Gasteiger partial charge in [-0.25, -0.2) is 9.37 Å². The zero-order valence-electron chi connectivity index (χ0n) is 13.9. The first-order chi connectivity index (χ1) is 12.1. The number of fused-ring (bicyclic) bond motifs is 1. The van der Waals surface area contributed by atoms with Gasteiger partial charge in [-0.3, -0.25) is 4.79 Å². The molecule has 0 bridgehead atoms. The van der Waals surface area contributed by atoms with Gasteiger partial charge in [-0.1, -0.05) is 0 Å². The molecule has 132 valence electrons. The normalized spacial score (nSPS) is 13.7. The number of anilines is 1. The molecule has 3 rings (SSSR count). The number of benzene rings is 1. The summed E-state index contributed by atoms with van der Waals surface area (Å²) in [7, 11) is 1.52. The summed E-state index contributed by atoms with van der Waals surface area (Å²) in [4.78, 5) is 19.1. The minimum atomic E-state index is -0.354. The zero-order valence-corrected chi connectivity index (χ0v) is 14.7. The van der Waals surface area contributed by atoms with Crippen molar-refractivity contribution in [2.45, 2.75) is 11.8 Å². The Bertz CT molecular complexity index is 788. The number of carbonyl (C=O) groups excluding carboxylic acids is 1. The van der Waals surface area contributed by atoms with E-state index in [1.54, 1.807) is 23.2 Å². The topological polar surface area (TPSA) is 63.7 Å². The van der Waals surface area contributed by atoms with Crippen LogP contribution in [0.5, 0.6) is 11.6 Å². The number of nitrogens with zero attached hydrogens (tertiary/aromatic N) is 2. The molecule has 8 heteroatoms. The first kappa shape index (κ1) is 17.3. The van der Waals surface area contributed by atoms with E-state index in [0.29, 0.717) is 47.5 Å². The molecule has 6 nitrogen and oxygen atoms in total. The van der Waals surface area contributed by atoms with Crippen LogP contribution in [0.2, 0.25) is 0 Å². The van der Waals surface area contributed by atoms with Gasteiger partial charge in [0.2, 0.25) is 5.88 Å². The molecule has 1 aromatic heterocycles. The molecule has 0 saturated carbocycles. The van der Waals surface area contributed by atoms with E-state index >= 15 is 0 Å². The van der Waals surface area contributed by atoms with Crippen LogP contribution in [0.3, 0.4) is 0 Å². The first-order valence-electron chi connectivity index (χ1n) is 7.81. The smallest absolute Gasteiger partial charge is 0.259 e. The number of halogens is 1. The van der Waals surface area contributed by atoms with Gasteiger partial charge in [-0.05, 0) is 43.1 Å². The second-order valence-electron chi connectivity index (χ2n) is 5.31. The molecule has 1 aromatic carbocycles. The molecule has 1 aliphatic heterocycles. The number of likely N-dealkylation sites (N-methyl/N-ethyl adjacent to an activating group) is 1. The molecule has 2 heterocycles. The molecule has 1 N–H and O–H groups in total. The molecule has 25 heavy (non-hydrogen) atoms. The van der Waals surface area contributed by atoms with Crippen molar-refractivity contribution in [3.8, 4) is 11.6 Å². The van der Waals surface area contributed by atoms with Crippen LogP contribution < -0.4 is 14.2 Å². The van der Waals surface area contributed by atoms with Crippen LogP contribution in [-0.4, -0.2) is 42.6 Å². The number of aromatic nitrogens is 1. The quantitative estimate of drug-likeness (QED) is 0.823. The third-order valence-electron chi connectivity index (χ3n) is 3.75. The van der Waals surface area contributed by atoms with Crippen molar-refractivity contribution in [2.75, 3.05) is 31.5 Å². The summed E-state index contributed by atoms with van der Waals surface area (Å²) in [6.45, 7) is 3.48. The van der Waals surface area contributed by atoms with Crippen LogP contribution in [0.4, 0.5) is 10.1 Å². The number of pyridine rings is 1. The highest BCUT2D eigenvalue weighted by Gasteiger charge is 2.24. The fourth-order valence-corrected chi connectivity index (χ4v) is 3.21. The maximum atomic E-state index is 13.4. The van der Waals surface area contributed by atoms with Crippen LogP contribution in [0.1, 0.15) is 17.3 Å². The van der Waals surface area contributed by atoms with Gasteiger partial charge in [0.05, 0.1) is 30.4 Å². The van der Waals surface area contributed by atoms with Crippen molar-refractivity contribution in [1.82, 2.24) is 9.88 Å². The minimum Gasteiger partial charge on any atom is -0.496 e. The van der Waals surface area contributed by atoms with Gasteiger partial charge in [0, 0.05) is 6.54 Å². The van der Waals surface area contributed by atoms with Crippen molar-refractivity contribution >= 4 is 23.5 Å². The summed E-state index contributed by atoms with van der Waals surface area (Å²) in [6, 6.07) is 5.96. The Morgan fingerprint density at radius 2 is 2.28 bits per heavy atom.